The monoisotopic (exact) mass is 549 g/mol. The number of fused-ring (bicyclic) bond motifs is 6. The van der Waals surface area contributed by atoms with Gasteiger partial charge in [0.05, 0.1) is 13.7 Å². The molecule has 3 aliphatic carbocycles. The van der Waals surface area contributed by atoms with Crippen LogP contribution in [-0.4, -0.2) is 30.4 Å². The number of ketones is 1. The van der Waals surface area contributed by atoms with Crippen LogP contribution in [0, 0.1) is 28.6 Å². The van der Waals surface area contributed by atoms with Crippen molar-refractivity contribution in [2.45, 2.75) is 91.5 Å². The summed E-state index contributed by atoms with van der Waals surface area (Å²) in [5, 5.41) is 2.10. The number of ether oxygens (including phenoxy) is 2. The van der Waals surface area contributed by atoms with Crippen LogP contribution < -0.4 is 9.47 Å². The smallest absolute Gasteiger partial charge is 0.415 e. The molecule has 0 spiro atoms. The van der Waals surface area contributed by atoms with Crippen molar-refractivity contribution < 1.29 is 19.1 Å². The summed E-state index contributed by atoms with van der Waals surface area (Å²) in [5.41, 5.74) is 3.99. The lowest BCUT2D eigenvalue weighted by molar-refractivity contribution is -0.130. The minimum atomic E-state index is -0.305. The molecule has 1 aromatic carbocycles. The molecule has 5 atom stereocenters. The summed E-state index contributed by atoms with van der Waals surface area (Å²) in [7, 11) is 1.66. The topological polar surface area (TPSA) is 55.8 Å². The Labute approximate surface area is 237 Å². The van der Waals surface area contributed by atoms with Gasteiger partial charge in [-0.15, -0.1) is 11.3 Å². The summed E-state index contributed by atoms with van der Waals surface area (Å²) in [6.45, 7) is 10.5. The number of carbonyl (C=O) groups is 2. The van der Waals surface area contributed by atoms with Gasteiger partial charge in [-0.1, -0.05) is 27.7 Å². The van der Waals surface area contributed by atoms with Crippen LogP contribution in [0.4, 0.5) is 4.79 Å². The fourth-order valence-corrected chi connectivity index (χ4v) is 9.15. The first kappa shape index (κ1) is 26.9. The number of nitrogens with zero attached hydrogens (tertiary/aromatic N) is 1. The lowest BCUT2D eigenvalue weighted by Crippen LogP contribution is -2.46. The van der Waals surface area contributed by atoms with E-state index in [4.69, 9.17) is 9.47 Å². The Kier molecular flexibility index (Phi) is 6.84. The summed E-state index contributed by atoms with van der Waals surface area (Å²) < 4.78 is 11.9. The van der Waals surface area contributed by atoms with E-state index in [1.54, 1.807) is 23.3 Å². The van der Waals surface area contributed by atoms with Gasteiger partial charge in [0.15, 0.2) is 11.5 Å². The Morgan fingerprint density at radius 1 is 1.15 bits per heavy atom. The molecule has 0 N–H and O–H groups in total. The molecular weight excluding hydrogens is 506 g/mol. The summed E-state index contributed by atoms with van der Waals surface area (Å²) >= 11 is 1.77. The largest absolute Gasteiger partial charge is 0.493 e. The normalized spacial score (nSPS) is 29.8. The van der Waals surface area contributed by atoms with E-state index in [0.29, 0.717) is 54.0 Å². The first-order valence-corrected chi connectivity index (χ1v) is 15.7. The van der Waals surface area contributed by atoms with Crippen LogP contribution in [0.3, 0.4) is 0 Å². The van der Waals surface area contributed by atoms with Crippen molar-refractivity contribution in [3.05, 3.63) is 45.1 Å². The minimum Gasteiger partial charge on any atom is -0.493 e. The molecule has 6 rings (SSSR count). The zero-order chi connectivity index (χ0) is 27.5. The molecule has 0 saturated heterocycles. The zero-order valence-electron chi connectivity index (χ0n) is 24.2. The molecule has 39 heavy (non-hydrogen) atoms. The molecule has 2 aromatic rings. The molecule has 0 radical (unpaired) electrons. The van der Waals surface area contributed by atoms with Crippen molar-refractivity contribution in [3.8, 4) is 11.5 Å². The van der Waals surface area contributed by atoms with Gasteiger partial charge in [0.25, 0.3) is 0 Å². The second-order valence-electron chi connectivity index (χ2n) is 13.9. The molecule has 5 unspecified atom stereocenters. The lowest BCUT2D eigenvalue weighted by Gasteiger charge is -2.52. The molecular formula is C33H43NO4S. The van der Waals surface area contributed by atoms with Crippen LogP contribution in [-0.2, 0) is 24.2 Å². The Balaban J connectivity index is 1.30. The maximum absolute atomic E-state index is 13.3. The number of hydrogen-bond acceptors (Lipinski definition) is 5. The molecule has 2 saturated carbocycles. The fraction of sp³-hybridized carbons (Fsp3) is 0.636. The maximum atomic E-state index is 13.3. The molecule has 1 aromatic heterocycles. The molecule has 1 amide bonds. The van der Waals surface area contributed by atoms with Gasteiger partial charge < -0.3 is 14.4 Å². The quantitative estimate of drug-likeness (QED) is 0.391. The van der Waals surface area contributed by atoms with Crippen LogP contribution in [0.5, 0.6) is 11.5 Å². The van der Waals surface area contributed by atoms with Crippen LogP contribution in [0.1, 0.15) is 93.7 Å². The molecule has 0 bridgehead atoms. The summed E-state index contributed by atoms with van der Waals surface area (Å²) in [6, 6.07) is 6.36. The average molecular weight is 550 g/mol. The molecule has 1 aliphatic heterocycles. The third-order valence-electron chi connectivity index (χ3n) is 10.4. The third-order valence-corrected chi connectivity index (χ3v) is 11.4. The average Bonchev–Trinajstić information content (AvgIpc) is 3.49. The van der Waals surface area contributed by atoms with Gasteiger partial charge in [0.1, 0.15) is 5.78 Å². The predicted octanol–water partition coefficient (Wildman–Crippen LogP) is 7.79. The zero-order valence-corrected chi connectivity index (χ0v) is 25.0. The highest BCUT2D eigenvalue weighted by Gasteiger charge is 2.56. The van der Waals surface area contributed by atoms with Crippen molar-refractivity contribution in [2.75, 3.05) is 13.7 Å². The van der Waals surface area contributed by atoms with E-state index in [9.17, 15) is 9.59 Å². The van der Waals surface area contributed by atoms with Crippen molar-refractivity contribution in [2.24, 2.45) is 28.6 Å². The lowest BCUT2D eigenvalue weighted by atomic mass is 9.52. The summed E-state index contributed by atoms with van der Waals surface area (Å²) in [5.74, 6) is 3.61. The van der Waals surface area contributed by atoms with Gasteiger partial charge in [-0.2, -0.15) is 0 Å². The standard InChI is InChI=1S/C33H43NO4S/c1-32(2,3)12-8-20-16-22-17-27(38-31(36)34-14-10-28-21(19-34)11-15-39-28)26(37-5)18-24(22)23-9-13-33(4)25(30(20)23)6-7-29(33)35/h11,15,17-18,20,23,25,30H,6-10,12-14,16,19H2,1-5H3. The van der Waals surface area contributed by atoms with E-state index in [-0.39, 0.29) is 16.9 Å². The number of rotatable bonds is 4. The highest BCUT2D eigenvalue weighted by Crippen LogP contribution is 2.62. The van der Waals surface area contributed by atoms with Crippen molar-refractivity contribution >= 4 is 23.2 Å². The number of hydrogen-bond donors (Lipinski definition) is 0. The fourth-order valence-electron chi connectivity index (χ4n) is 8.26. The molecule has 210 valence electrons. The first-order chi connectivity index (χ1) is 18.6. The van der Waals surface area contributed by atoms with Crippen molar-refractivity contribution in [1.29, 1.82) is 0 Å². The van der Waals surface area contributed by atoms with E-state index in [1.807, 2.05) is 0 Å². The van der Waals surface area contributed by atoms with E-state index in [1.165, 1.54) is 34.4 Å². The van der Waals surface area contributed by atoms with Gasteiger partial charge >= 0.3 is 6.09 Å². The maximum Gasteiger partial charge on any atom is 0.415 e. The van der Waals surface area contributed by atoms with E-state index in [2.05, 4.69) is 51.3 Å². The Morgan fingerprint density at radius 3 is 2.74 bits per heavy atom. The van der Waals surface area contributed by atoms with Crippen LogP contribution >= 0.6 is 11.3 Å². The van der Waals surface area contributed by atoms with Gasteiger partial charge in [-0.05, 0) is 114 Å². The summed E-state index contributed by atoms with van der Waals surface area (Å²) in [6.07, 6.45) is 7.68. The highest BCUT2D eigenvalue weighted by molar-refractivity contribution is 7.10. The number of benzene rings is 1. The second kappa shape index (κ2) is 9.94. The molecule has 6 heteroatoms. The molecule has 2 fully saturated rings. The molecule has 4 aliphatic rings. The predicted molar refractivity (Wildman–Crippen MR) is 155 cm³/mol. The molecule has 5 nitrogen and oxygen atoms in total. The Bertz CT molecular complexity index is 1270. The van der Waals surface area contributed by atoms with Crippen LogP contribution in [0.15, 0.2) is 23.6 Å². The van der Waals surface area contributed by atoms with Crippen molar-refractivity contribution in [3.63, 3.8) is 0 Å². The van der Waals surface area contributed by atoms with E-state index >= 15 is 0 Å². The van der Waals surface area contributed by atoms with Crippen molar-refractivity contribution in [1.82, 2.24) is 4.90 Å². The van der Waals surface area contributed by atoms with E-state index in [0.717, 1.165) is 38.5 Å². The number of Topliss-reactive ketones (excluding diaryl/α,β-unsaturated/α-hetero) is 1. The number of carbonyl (C=O) groups excluding carboxylic acids is 2. The summed E-state index contributed by atoms with van der Waals surface area (Å²) in [4.78, 5) is 29.5. The Morgan fingerprint density at radius 2 is 1.97 bits per heavy atom. The number of thiophene rings is 1. The van der Waals surface area contributed by atoms with E-state index < -0.39 is 0 Å². The Hall–Kier alpha value is -2.34. The molecule has 2 heterocycles. The van der Waals surface area contributed by atoms with Crippen LogP contribution in [0.25, 0.3) is 0 Å². The van der Waals surface area contributed by atoms with Crippen LogP contribution in [0.2, 0.25) is 0 Å². The highest BCUT2D eigenvalue weighted by atomic mass is 32.1. The number of methoxy groups -OCH3 is 1. The van der Waals surface area contributed by atoms with Gasteiger partial charge in [0, 0.05) is 23.3 Å². The SMILES string of the molecule is COc1cc2c(cc1OC(=O)N1CCc3sccc3C1)CC(CCC(C)(C)C)C1C2CCC2(C)C(=O)CCC12. The van der Waals surface area contributed by atoms with Gasteiger partial charge in [-0.3, -0.25) is 4.79 Å². The minimum absolute atomic E-state index is 0.158. The van der Waals surface area contributed by atoms with Gasteiger partial charge in [0.2, 0.25) is 0 Å². The third kappa shape index (κ3) is 4.81. The van der Waals surface area contributed by atoms with Gasteiger partial charge in [-0.25, -0.2) is 4.79 Å². The second-order valence-corrected chi connectivity index (χ2v) is 14.9. The first-order valence-electron chi connectivity index (χ1n) is 14.8. The number of amides is 1.